The number of benzene rings is 1. The third-order valence-electron chi connectivity index (χ3n) is 7.00. The van der Waals surface area contributed by atoms with Gasteiger partial charge in [-0.3, -0.25) is 4.72 Å². The van der Waals surface area contributed by atoms with Crippen LogP contribution in [0.4, 0.5) is 5.69 Å². The van der Waals surface area contributed by atoms with E-state index in [0.29, 0.717) is 11.7 Å². The summed E-state index contributed by atoms with van der Waals surface area (Å²) in [5.41, 5.74) is 1.85. The minimum absolute atomic E-state index is 0.619. The van der Waals surface area contributed by atoms with Crippen molar-refractivity contribution in [1.29, 1.82) is 0 Å². The summed E-state index contributed by atoms with van der Waals surface area (Å²) < 4.78 is 26.5. The van der Waals surface area contributed by atoms with Crippen LogP contribution in [0.5, 0.6) is 0 Å². The van der Waals surface area contributed by atoms with Crippen LogP contribution in [-0.2, 0) is 16.6 Å². The molecule has 2 N–H and O–H groups in total. The monoisotopic (exact) mass is 420 g/mol. The van der Waals surface area contributed by atoms with Crippen LogP contribution >= 0.6 is 0 Å². The van der Waals surface area contributed by atoms with Gasteiger partial charge in [-0.25, -0.2) is 8.42 Å². The van der Waals surface area contributed by atoms with E-state index in [1.165, 1.54) is 56.9 Å². The van der Waals surface area contributed by atoms with E-state index in [4.69, 9.17) is 0 Å². The lowest BCUT2D eigenvalue weighted by atomic mass is 9.68. The molecular weight excluding hydrogens is 380 g/mol. The SMILES string of the molecule is CC1CCC(NCc2ccc(NS(=O)(=O)C(C)(C)C)cc2)C(C2CCCCC2)C1. The summed E-state index contributed by atoms with van der Waals surface area (Å²) in [4.78, 5) is 0. The molecule has 29 heavy (non-hydrogen) atoms. The second-order valence-electron chi connectivity index (χ2n) is 10.4. The summed E-state index contributed by atoms with van der Waals surface area (Å²) >= 11 is 0. The number of anilines is 1. The zero-order valence-electron chi connectivity index (χ0n) is 18.7. The molecule has 1 aromatic rings. The molecule has 3 unspecified atom stereocenters. The summed E-state index contributed by atoms with van der Waals surface area (Å²) in [6.45, 7) is 8.40. The molecule has 3 rings (SSSR count). The standard InChI is InChI=1S/C24H40N2O2S/c1-18-10-15-23(22(16-18)20-8-6-5-7-9-20)25-17-19-11-13-21(14-12-19)26-29(27,28)24(2,3)4/h11-14,18,20,22-23,25-26H,5-10,15-17H2,1-4H3. The Balaban J connectivity index is 1.58. The van der Waals surface area contributed by atoms with Gasteiger partial charge in [0, 0.05) is 18.3 Å². The second-order valence-corrected chi connectivity index (χ2v) is 12.8. The summed E-state index contributed by atoms with van der Waals surface area (Å²) in [6.07, 6.45) is 11.1. The number of sulfonamides is 1. The molecule has 0 heterocycles. The predicted molar refractivity (Wildman–Crippen MR) is 122 cm³/mol. The van der Waals surface area contributed by atoms with Gasteiger partial charge in [0.15, 0.2) is 0 Å². The highest BCUT2D eigenvalue weighted by Gasteiger charge is 2.34. The van der Waals surface area contributed by atoms with Crippen LogP contribution in [0, 0.1) is 17.8 Å². The van der Waals surface area contributed by atoms with E-state index in [-0.39, 0.29) is 0 Å². The fourth-order valence-electron chi connectivity index (χ4n) is 5.01. The highest BCUT2D eigenvalue weighted by atomic mass is 32.2. The van der Waals surface area contributed by atoms with Gasteiger partial charge in [0.05, 0.1) is 4.75 Å². The number of rotatable bonds is 6. The molecule has 2 fully saturated rings. The molecule has 0 aromatic heterocycles. The first-order chi connectivity index (χ1) is 13.7. The Morgan fingerprint density at radius 3 is 2.24 bits per heavy atom. The van der Waals surface area contributed by atoms with Crippen molar-refractivity contribution in [2.75, 3.05) is 4.72 Å². The number of hydrogen-bond donors (Lipinski definition) is 2. The average molecular weight is 421 g/mol. The molecular formula is C24H40N2O2S. The summed E-state index contributed by atoms with van der Waals surface area (Å²) in [5, 5.41) is 3.86. The van der Waals surface area contributed by atoms with Crippen molar-refractivity contribution < 1.29 is 8.42 Å². The largest absolute Gasteiger partial charge is 0.310 e. The van der Waals surface area contributed by atoms with Crippen LogP contribution in [-0.4, -0.2) is 19.2 Å². The van der Waals surface area contributed by atoms with Gasteiger partial charge < -0.3 is 5.32 Å². The van der Waals surface area contributed by atoms with E-state index in [9.17, 15) is 8.42 Å². The second kappa shape index (κ2) is 9.38. The van der Waals surface area contributed by atoms with Crippen molar-refractivity contribution in [1.82, 2.24) is 5.32 Å². The van der Waals surface area contributed by atoms with Crippen molar-refractivity contribution in [3.8, 4) is 0 Å². The molecule has 2 aliphatic carbocycles. The van der Waals surface area contributed by atoms with Gasteiger partial charge in [0.1, 0.15) is 0 Å². The maximum absolute atomic E-state index is 12.3. The topological polar surface area (TPSA) is 58.2 Å². The first-order valence-electron chi connectivity index (χ1n) is 11.5. The molecule has 2 saturated carbocycles. The molecule has 5 heteroatoms. The van der Waals surface area contributed by atoms with Crippen LogP contribution < -0.4 is 10.0 Å². The summed E-state index contributed by atoms with van der Waals surface area (Å²) in [7, 11) is -3.38. The molecule has 0 saturated heterocycles. The molecule has 0 bridgehead atoms. The molecule has 0 amide bonds. The van der Waals surface area contributed by atoms with E-state index < -0.39 is 14.8 Å². The van der Waals surface area contributed by atoms with E-state index in [1.54, 1.807) is 20.8 Å². The molecule has 3 atom stereocenters. The normalized spacial score (nSPS) is 27.0. The molecule has 1 aromatic carbocycles. The minimum atomic E-state index is -3.38. The molecule has 0 spiro atoms. The first kappa shape index (κ1) is 22.6. The van der Waals surface area contributed by atoms with Gasteiger partial charge in [-0.1, -0.05) is 51.2 Å². The van der Waals surface area contributed by atoms with Gasteiger partial charge >= 0.3 is 0 Å². The fraction of sp³-hybridized carbons (Fsp3) is 0.750. The Morgan fingerprint density at radius 2 is 1.62 bits per heavy atom. The third kappa shape index (κ3) is 5.97. The van der Waals surface area contributed by atoms with Crippen LogP contribution in [0.15, 0.2) is 24.3 Å². The van der Waals surface area contributed by atoms with Crippen molar-refractivity contribution in [3.05, 3.63) is 29.8 Å². The zero-order chi connectivity index (χ0) is 21.1. The van der Waals surface area contributed by atoms with Crippen LogP contribution in [0.2, 0.25) is 0 Å². The number of hydrogen-bond acceptors (Lipinski definition) is 3. The summed E-state index contributed by atoms with van der Waals surface area (Å²) in [6, 6.07) is 8.45. The lowest BCUT2D eigenvalue weighted by Gasteiger charge is -2.41. The average Bonchev–Trinajstić information content (AvgIpc) is 2.67. The first-order valence-corrected chi connectivity index (χ1v) is 13.0. The van der Waals surface area contributed by atoms with Gasteiger partial charge in [0.2, 0.25) is 10.0 Å². The Kier molecular flexibility index (Phi) is 7.32. The van der Waals surface area contributed by atoms with E-state index in [0.717, 1.165) is 24.3 Å². The van der Waals surface area contributed by atoms with E-state index in [1.807, 2.05) is 24.3 Å². The molecule has 4 nitrogen and oxygen atoms in total. The van der Waals surface area contributed by atoms with Crippen molar-refractivity contribution >= 4 is 15.7 Å². The third-order valence-corrected chi connectivity index (χ3v) is 9.11. The van der Waals surface area contributed by atoms with Gasteiger partial charge in [0.25, 0.3) is 0 Å². The molecule has 2 aliphatic rings. The Labute approximate surface area is 178 Å². The van der Waals surface area contributed by atoms with Gasteiger partial charge in [-0.15, -0.1) is 0 Å². The smallest absolute Gasteiger partial charge is 0.237 e. The Hall–Kier alpha value is -1.07. The Morgan fingerprint density at radius 1 is 0.966 bits per heavy atom. The maximum atomic E-state index is 12.3. The molecule has 0 aliphatic heterocycles. The lowest BCUT2D eigenvalue weighted by molar-refractivity contribution is 0.122. The zero-order valence-corrected chi connectivity index (χ0v) is 19.5. The summed E-state index contributed by atoms with van der Waals surface area (Å²) in [5.74, 6) is 2.57. The highest BCUT2D eigenvalue weighted by Crippen LogP contribution is 2.40. The molecule has 0 radical (unpaired) electrons. The minimum Gasteiger partial charge on any atom is -0.310 e. The van der Waals surface area contributed by atoms with Crippen molar-refractivity contribution in [2.45, 2.75) is 96.4 Å². The lowest BCUT2D eigenvalue weighted by Crippen LogP contribution is -2.43. The van der Waals surface area contributed by atoms with Crippen LogP contribution in [0.1, 0.15) is 84.6 Å². The fourth-order valence-corrected chi connectivity index (χ4v) is 5.76. The Bertz CT molecular complexity index is 746. The highest BCUT2D eigenvalue weighted by molar-refractivity contribution is 7.94. The van der Waals surface area contributed by atoms with Gasteiger partial charge in [-0.2, -0.15) is 0 Å². The quantitative estimate of drug-likeness (QED) is 0.620. The van der Waals surface area contributed by atoms with Crippen molar-refractivity contribution in [3.63, 3.8) is 0 Å². The predicted octanol–water partition coefficient (Wildman–Crippen LogP) is 5.70. The van der Waals surface area contributed by atoms with Crippen LogP contribution in [0.3, 0.4) is 0 Å². The maximum Gasteiger partial charge on any atom is 0.237 e. The van der Waals surface area contributed by atoms with Gasteiger partial charge in [-0.05, 0) is 75.5 Å². The number of nitrogens with one attached hydrogen (secondary N) is 2. The van der Waals surface area contributed by atoms with Crippen LogP contribution in [0.25, 0.3) is 0 Å². The molecule has 164 valence electrons. The van der Waals surface area contributed by atoms with Crippen molar-refractivity contribution in [2.24, 2.45) is 17.8 Å². The van der Waals surface area contributed by atoms with E-state index in [2.05, 4.69) is 17.0 Å². The van der Waals surface area contributed by atoms with E-state index >= 15 is 0 Å².